The fourth-order valence-electron chi connectivity index (χ4n) is 2.50. The van der Waals surface area contributed by atoms with E-state index in [-0.39, 0.29) is 5.75 Å². The molecule has 0 aliphatic rings. The molecule has 4 rings (SSSR count). The lowest BCUT2D eigenvalue weighted by Crippen LogP contribution is -1.99. The van der Waals surface area contributed by atoms with Crippen LogP contribution in [0.15, 0.2) is 48.5 Å². The Morgan fingerprint density at radius 2 is 1.96 bits per heavy atom. The molecule has 0 aliphatic heterocycles. The maximum Gasteiger partial charge on any atom is 0.524 e. The van der Waals surface area contributed by atoms with Crippen LogP contribution in [0.3, 0.4) is 0 Å². The predicted octanol–water partition coefficient (Wildman–Crippen LogP) is 3.65. The molecule has 0 radical (unpaired) electrons. The normalized spacial score (nSPS) is 11.7. The highest BCUT2D eigenvalue weighted by Gasteiger charge is 2.16. The molecule has 0 bridgehead atoms. The fourth-order valence-corrected chi connectivity index (χ4v) is 3.86. The molecule has 0 saturated heterocycles. The van der Waals surface area contributed by atoms with E-state index < -0.39 is 7.82 Å². The topological polar surface area (TPSA) is 122 Å². The summed E-state index contributed by atoms with van der Waals surface area (Å²) in [7, 11) is -4.57. The molecule has 0 fully saturated rings. The van der Waals surface area contributed by atoms with Crippen LogP contribution in [0.5, 0.6) is 5.75 Å². The van der Waals surface area contributed by atoms with Crippen molar-refractivity contribution in [2.24, 2.45) is 0 Å². The lowest BCUT2D eigenvalue weighted by Gasteiger charge is -2.07. The van der Waals surface area contributed by atoms with E-state index in [9.17, 15) is 4.57 Å². The zero-order chi connectivity index (χ0) is 19.7. The van der Waals surface area contributed by atoms with Crippen molar-refractivity contribution in [2.45, 2.75) is 6.42 Å². The van der Waals surface area contributed by atoms with Crippen molar-refractivity contribution >= 4 is 46.5 Å². The van der Waals surface area contributed by atoms with E-state index >= 15 is 0 Å². The Morgan fingerprint density at radius 1 is 1.18 bits per heavy atom. The molecule has 144 valence electrons. The van der Waals surface area contributed by atoms with Gasteiger partial charge in [0.15, 0.2) is 5.82 Å². The third-order valence-corrected chi connectivity index (χ3v) is 5.14. The molecular weight excluding hydrogens is 425 g/mol. The van der Waals surface area contributed by atoms with Gasteiger partial charge in [-0.05, 0) is 35.9 Å². The Bertz CT molecular complexity index is 1170. The van der Waals surface area contributed by atoms with E-state index in [1.54, 1.807) is 28.8 Å². The maximum atomic E-state index is 10.9. The van der Waals surface area contributed by atoms with Crippen molar-refractivity contribution in [1.29, 1.82) is 0 Å². The van der Waals surface area contributed by atoms with Gasteiger partial charge < -0.3 is 9.84 Å². The standard InChI is InChI=1S/C16H13ClN5O4PS/c17-11-2-1-3-12(9-11)18-15-21-22-14(19-20-16(22)28-15)8-10-4-6-13(7-5-10)26-27(23,24)25/h1-7,9H,8H2,(H,18,21)(H2,23,24,25). The first-order chi connectivity index (χ1) is 13.4. The summed E-state index contributed by atoms with van der Waals surface area (Å²) in [6, 6.07) is 13.7. The third kappa shape index (κ3) is 4.49. The monoisotopic (exact) mass is 437 g/mol. The molecular formula is C16H13ClN5O4PS. The maximum absolute atomic E-state index is 10.9. The van der Waals surface area contributed by atoms with E-state index in [0.717, 1.165) is 11.3 Å². The molecule has 0 atom stereocenters. The number of rotatable bonds is 6. The van der Waals surface area contributed by atoms with Gasteiger partial charge in [0.05, 0.1) is 0 Å². The molecule has 0 spiro atoms. The van der Waals surface area contributed by atoms with Crippen LogP contribution in [-0.2, 0) is 11.0 Å². The zero-order valence-electron chi connectivity index (χ0n) is 14.1. The summed E-state index contributed by atoms with van der Waals surface area (Å²) in [4.78, 5) is 18.3. The molecule has 0 amide bonds. The largest absolute Gasteiger partial charge is 0.524 e. The SMILES string of the molecule is O=P(O)(O)Oc1ccc(Cc2nnc3sc(Nc4cccc(Cl)c4)nn23)cc1. The first kappa shape index (κ1) is 18.9. The fraction of sp³-hybridized carbons (Fsp3) is 0.0625. The highest BCUT2D eigenvalue weighted by Crippen LogP contribution is 2.37. The van der Waals surface area contributed by atoms with Crippen molar-refractivity contribution < 1.29 is 18.9 Å². The minimum absolute atomic E-state index is 0.0881. The van der Waals surface area contributed by atoms with Gasteiger partial charge >= 0.3 is 7.82 Å². The molecule has 9 nitrogen and oxygen atoms in total. The number of nitrogens with one attached hydrogen (secondary N) is 1. The predicted molar refractivity (Wildman–Crippen MR) is 105 cm³/mol. The first-order valence-electron chi connectivity index (χ1n) is 7.93. The lowest BCUT2D eigenvalue weighted by molar-refractivity contribution is 0.283. The molecule has 2 aromatic heterocycles. The highest BCUT2D eigenvalue weighted by atomic mass is 35.5. The number of halogens is 1. The van der Waals surface area contributed by atoms with Crippen LogP contribution in [0.25, 0.3) is 4.96 Å². The molecule has 0 aliphatic carbocycles. The van der Waals surface area contributed by atoms with Gasteiger partial charge in [-0.2, -0.15) is 4.52 Å². The highest BCUT2D eigenvalue weighted by molar-refractivity contribution is 7.46. The summed E-state index contributed by atoms with van der Waals surface area (Å²) in [6.45, 7) is 0. The average molecular weight is 438 g/mol. The first-order valence-corrected chi connectivity index (χ1v) is 10.7. The number of aromatic nitrogens is 4. The van der Waals surface area contributed by atoms with Gasteiger partial charge in [0.2, 0.25) is 10.1 Å². The van der Waals surface area contributed by atoms with Gasteiger partial charge in [-0.1, -0.05) is 41.1 Å². The van der Waals surface area contributed by atoms with Crippen LogP contribution in [0.1, 0.15) is 11.4 Å². The van der Waals surface area contributed by atoms with Crippen molar-refractivity contribution in [3.8, 4) is 5.75 Å². The molecule has 3 N–H and O–H groups in total. The summed E-state index contributed by atoms with van der Waals surface area (Å²) in [5.74, 6) is 0.721. The minimum Gasteiger partial charge on any atom is -0.404 e. The van der Waals surface area contributed by atoms with Gasteiger partial charge in [0, 0.05) is 17.1 Å². The number of nitrogens with zero attached hydrogens (tertiary/aromatic N) is 4. The van der Waals surface area contributed by atoms with Crippen molar-refractivity contribution in [3.05, 3.63) is 64.9 Å². The molecule has 2 heterocycles. The van der Waals surface area contributed by atoms with Crippen LogP contribution in [0, 0.1) is 0 Å². The van der Waals surface area contributed by atoms with Crippen LogP contribution in [0.2, 0.25) is 5.02 Å². The molecule has 2 aromatic carbocycles. The van der Waals surface area contributed by atoms with Crippen LogP contribution in [-0.4, -0.2) is 29.6 Å². The van der Waals surface area contributed by atoms with E-state index in [1.807, 2.05) is 12.1 Å². The van der Waals surface area contributed by atoms with Crippen LogP contribution >= 0.6 is 30.8 Å². The van der Waals surface area contributed by atoms with Crippen LogP contribution < -0.4 is 9.84 Å². The number of benzene rings is 2. The Hall–Kier alpha value is -2.49. The van der Waals surface area contributed by atoms with E-state index in [1.165, 1.54) is 23.5 Å². The summed E-state index contributed by atoms with van der Waals surface area (Å²) < 4.78 is 17.1. The Labute approximate surface area is 167 Å². The number of hydrogen-bond acceptors (Lipinski definition) is 7. The van der Waals surface area contributed by atoms with Gasteiger partial charge in [-0.3, -0.25) is 9.79 Å². The summed E-state index contributed by atoms with van der Waals surface area (Å²) in [5, 5.41) is 17.2. The van der Waals surface area contributed by atoms with E-state index in [4.69, 9.17) is 21.4 Å². The average Bonchev–Trinajstić information content (AvgIpc) is 3.17. The minimum atomic E-state index is -4.57. The quantitative estimate of drug-likeness (QED) is 0.391. The molecule has 28 heavy (non-hydrogen) atoms. The van der Waals surface area contributed by atoms with Crippen molar-refractivity contribution in [2.75, 3.05) is 5.32 Å². The third-order valence-electron chi connectivity index (χ3n) is 3.64. The number of anilines is 2. The Kier molecular flexibility index (Phi) is 5.05. The van der Waals surface area contributed by atoms with Gasteiger partial charge in [-0.25, -0.2) is 4.57 Å². The smallest absolute Gasteiger partial charge is 0.404 e. The second kappa shape index (κ2) is 7.50. The zero-order valence-corrected chi connectivity index (χ0v) is 16.5. The van der Waals surface area contributed by atoms with Gasteiger partial charge in [0.25, 0.3) is 0 Å². The number of phosphoric acid groups is 1. The number of phosphoric ester groups is 1. The van der Waals surface area contributed by atoms with Crippen LogP contribution in [0.4, 0.5) is 10.8 Å². The number of fused-ring (bicyclic) bond motifs is 1. The summed E-state index contributed by atoms with van der Waals surface area (Å²) in [6.07, 6.45) is 0.442. The summed E-state index contributed by atoms with van der Waals surface area (Å²) in [5.41, 5.74) is 1.68. The van der Waals surface area contributed by atoms with E-state index in [2.05, 4.69) is 25.1 Å². The number of hydrogen-bond donors (Lipinski definition) is 3. The van der Waals surface area contributed by atoms with Gasteiger partial charge in [-0.15, -0.1) is 15.3 Å². The van der Waals surface area contributed by atoms with E-state index in [0.29, 0.717) is 27.4 Å². The lowest BCUT2D eigenvalue weighted by atomic mass is 10.1. The second-order valence-electron chi connectivity index (χ2n) is 5.76. The molecule has 0 saturated carbocycles. The molecule has 4 aromatic rings. The summed E-state index contributed by atoms with van der Waals surface area (Å²) >= 11 is 7.35. The Balaban J connectivity index is 1.51. The second-order valence-corrected chi connectivity index (χ2v) is 8.31. The van der Waals surface area contributed by atoms with Crippen molar-refractivity contribution in [3.63, 3.8) is 0 Å². The molecule has 0 unspecified atom stereocenters. The van der Waals surface area contributed by atoms with Gasteiger partial charge in [0.1, 0.15) is 5.75 Å². The molecule has 12 heteroatoms. The van der Waals surface area contributed by atoms with Crippen molar-refractivity contribution in [1.82, 2.24) is 19.8 Å². The Morgan fingerprint density at radius 3 is 2.68 bits per heavy atom.